The Labute approximate surface area is 139 Å². The van der Waals surface area contributed by atoms with E-state index >= 15 is 0 Å². The van der Waals surface area contributed by atoms with Crippen LogP contribution in [0.1, 0.15) is 64.7 Å². The van der Waals surface area contributed by atoms with Crippen LogP contribution in [-0.4, -0.2) is 19.1 Å². The van der Waals surface area contributed by atoms with Crippen LogP contribution >= 0.6 is 0 Å². The molecule has 1 atom stereocenters. The van der Waals surface area contributed by atoms with Crippen molar-refractivity contribution in [3.63, 3.8) is 0 Å². The van der Waals surface area contributed by atoms with Crippen LogP contribution in [0.2, 0.25) is 0 Å². The summed E-state index contributed by atoms with van der Waals surface area (Å²) < 4.78 is 31.4. The van der Waals surface area contributed by atoms with Gasteiger partial charge in [0.2, 0.25) is 0 Å². The third-order valence-electron chi connectivity index (χ3n) is 4.29. The molecule has 23 heavy (non-hydrogen) atoms. The van der Waals surface area contributed by atoms with E-state index in [9.17, 15) is 8.42 Å². The van der Waals surface area contributed by atoms with Gasteiger partial charge in [-0.25, -0.2) is 0 Å². The summed E-state index contributed by atoms with van der Waals surface area (Å²) in [7, 11) is -4.14. The average molecular weight is 340 g/mol. The number of hydrogen-bond acceptors (Lipinski definition) is 4. The molecule has 0 aliphatic carbocycles. The number of fused-ring (bicyclic) bond motifs is 1. The van der Waals surface area contributed by atoms with Crippen LogP contribution in [0.3, 0.4) is 0 Å². The molecule has 0 aromatic heterocycles. The molecule has 0 radical (unpaired) electrons. The second-order valence-corrected chi connectivity index (χ2v) is 7.71. The van der Waals surface area contributed by atoms with Gasteiger partial charge in [-0.1, -0.05) is 51.9 Å². The molecule has 0 bridgehead atoms. The Morgan fingerprint density at radius 1 is 0.957 bits per heavy atom. The molecule has 0 spiro atoms. The number of hydrogen-bond donors (Lipinski definition) is 3. The van der Waals surface area contributed by atoms with Crippen molar-refractivity contribution < 1.29 is 13.0 Å². The zero-order chi connectivity index (χ0) is 16.7. The predicted molar refractivity (Wildman–Crippen MR) is 94.5 cm³/mol. The Hall–Kier alpha value is -1.27. The molecule has 6 heteroatoms. The molecule has 1 aromatic carbocycles. The Morgan fingerprint density at radius 3 is 2.22 bits per heavy atom. The molecule has 130 valence electrons. The predicted octanol–water partition coefficient (Wildman–Crippen LogP) is 4.63. The maximum Gasteiger partial charge on any atom is 0.294 e. The molecule has 3 N–H and O–H groups in total. The topological polar surface area (TPSA) is 78.4 Å². The van der Waals surface area contributed by atoms with E-state index in [-0.39, 0.29) is 11.1 Å². The summed E-state index contributed by atoms with van der Waals surface area (Å²) in [6.07, 6.45) is 11.5. The molecule has 5 nitrogen and oxygen atoms in total. The van der Waals surface area contributed by atoms with Gasteiger partial charge in [0.1, 0.15) is 0 Å². The number of benzene rings is 1. The fourth-order valence-corrected chi connectivity index (χ4v) is 3.47. The number of rotatable bonds is 10. The highest BCUT2D eigenvalue weighted by atomic mass is 32.2. The second-order valence-electron chi connectivity index (χ2n) is 6.29. The molecule has 1 aliphatic rings. The first kappa shape index (κ1) is 18.1. The Bertz CT molecular complexity index is 602. The monoisotopic (exact) mass is 340 g/mol. The van der Waals surface area contributed by atoms with Gasteiger partial charge < -0.3 is 10.6 Å². The molecule has 0 amide bonds. The number of anilines is 2. The molecule has 1 aromatic rings. The van der Waals surface area contributed by atoms with Crippen LogP contribution in [0.4, 0.5) is 11.4 Å². The van der Waals surface area contributed by atoms with Crippen molar-refractivity contribution in [1.29, 1.82) is 0 Å². The first-order chi connectivity index (χ1) is 11.0. The lowest BCUT2D eigenvalue weighted by molar-refractivity contribution is 0.483. The first-order valence-corrected chi connectivity index (χ1v) is 10.1. The molecular formula is C17H28N2O3S. The largest absolute Gasteiger partial charge is 0.364 e. The quantitative estimate of drug-likeness (QED) is 0.427. The van der Waals surface area contributed by atoms with Gasteiger partial charge in [-0.3, -0.25) is 4.55 Å². The van der Waals surface area contributed by atoms with Crippen molar-refractivity contribution in [3.05, 3.63) is 18.2 Å². The lowest BCUT2D eigenvalue weighted by Crippen LogP contribution is -2.21. The molecule has 0 fully saturated rings. The zero-order valence-electron chi connectivity index (χ0n) is 13.8. The number of nitrogens with one attached hydrogen (secondary N) is 2. The van der Waals surface area contributed by atoms with Crippen LogP contribution < -0.4 is 10.6 Å². The normalized spacial score (nSPS) is 16.7. The van der Waals surface area contributed by atoms with Gasteiger partial charge in [-0.05, 0) is 31.0 Å². The fraction of sp³-hybridized carbons (Fsp3) is 0.647. The maximum absolute atomic E-state index is 11.2. The van der Waals surface area contributed by atoms with Crippen LogP contribution in [0.5, 0.6) is 0 Å². The molecule has 1 aliphatic heterocycles. The van der Waals surface area contributed by atoms with Crippen LogP contribution in [0.15, 0.2) is 23.1 Å². The summed E-state index contributed by atoms with van der Waals surface area (Å²) >= 11 is 0. The van der Waals surface area contributed by atoms with Crippen LogP contribution in [-0.2, 0) is 10.1 Å². The summed E-state index contributed by atoms with van der Waals surface area (Å²) in [4.78, 5) is -0.0710. The Morgan fingerprint density at radius 2 is 1.57 bits per heavy atom. The minimum Gasteiger partial charge on any atom is -0.364 e. The summed E-state index contributed by atoms with van der Waals surface area (Å²) in [5.74, 6) is 0. The highest BCUT2D eigenvalue weighted by Gasteiger charge is 2.21. The van der Waals surface area contributed by atoms with Gasteiger partial charge in [-0.15, -0.1) is 0 Å². The van der Waals surface area contributed by atoms with Gasteiger partial charge in [0.05, 0.1) is 22.4 Å². The third-order valence-corrected chi connectivity index (χ3v) is 5.14. The minimum atomic E-state index is -4.14. The maximum atomic E-state index is 11.2. The van der Waals surface area contributed by atoms with Gasteiger partial charge in [0.25, 0.3) is 10.1 Å². The highest BCUT2D eigenvalue weighted by molar-refractivity contribution is 7.85. The fourth-order valence-electron chi connectivity index (χ4n) is 2.97. The van der Waals surface area contributed by atoms with Gasteiger partial charge in [0.15, 0.2) is 0 Å². The third kappa shape index (κ3) is 5.70. The van der Waals surface area contributed by atoms with Crippen LogP contribution in [0.25, 0.3) is 0 Å². The van der Waals surface area contributed by atoms with Crippen LogP contribution in [0, 0.1) is 0 Å². The SMILES string of the molecule is CCCCCCCCCCC1Nc2ccc(S(=O)(=O)O)cc2N1. The van der Waals surface area contributed by atoms with E-state index in [1.54, 1.807) is 6.07 Å². The van der Waals surface area contributed by atoms with E-state index in [2.05, 4.69) is 17.6 Å². The number of unbranched alkanes of at least 4 members (excludes halogenated alkanes) is 7. The zero-order valence-corrected chi connectivity index (χ0v) is 14.7. The van der Waals surface area contributed by atoms with E-state index in [4.69, 9.17) is 4.55 Å². The van der Waals surface area contributed by atoms with E-state index in [0.29, 0.717) is 0 Å². The van der Waals surface area contributed by atoms with Crippen molar-refractivity contribution in [3.8, 4) is 0 Å². The molecule has 1 unspecified atom stereocenters. The van der Waals surface area contributed by atoms with E-state index in [1.165, 1.54) is 57.1 Å². The van der Waals surface area contributed by atoms with E-state index in [1.807, 2.05) is 0 Å². The van der Waals surface area contributed by atoms with Crippen molar-refractivity contribution in [2.45, 2.75) is 75.8 Å². The first-order valence-electron chi connectivity index (χ1n) is 8.65. The lowest BCUT2D eigenvalue weighted by atomic mass is 10.1. The highest BCUT2D eigenvalue weighted by Crippen LogP contribution is 2.32. The molecule has 0 saturated heterocycles. The molecule has 0 saturated carbocycles. The summed E-state index contributed by atoms with van der Waals surface area (Å²) in [5, 5.41) is 6.62. The minimum absolute atomic E-state index is 0.0710. The van der Waals surface area contributed by atoms with Crippen molar-refractivity contribution in [2.75, 3.05) is 10.6 Å². The van der Waals surface area contributed by atoms with Gasteiger partial charge in [0, 0.05) is 0 Å². The average Bonchev–Trinajstić information content (AvgIpc) is 2.91. The second kappa shape index (κ2) is 8.55. The molecule has 1 heterocycles. The van der Waals surface area contributed by atoms with E-state index < -0.39 is 10.1 Å². The summed E-state index contributed by atoms with van der Waals surface area (Å²) in [5.41, 5.74) is 1.63. The van der Waals surface area contributed by atoms with Crippen molar-refractivity contribution in [2.24, 2.45) is 0 Å². The smallest absolute Gasteiger partial charge is 0.294 e. The summed E-state index contributed by atoms with van der Waals surface area (Å²) in [6, 6.07) is 4.59. The lowest BCUT2D eigenvalue weighted by Gasteiger charge is -2.11. The molecule has 2 rings (SSSR count). The Balaban J connectivity index is 1.68. The standard InChI is InChI=1S/C17H28N2O3S/c1-2-3-4-5-6-7-8-9-10-17-18-15-12-11-14(23(20,21)22)13-16(15)19-17/h11-13,17-19H,2-10H2,1H3,(H,20,21,22). The molecular weight excluding hydrogens is 312 g/mol. The van der Waals surface area contributed by atoms with Crippen molar-refractivity contribution >= 4 is 21.5 Å². The van der Waals surface area contributed by atoms with Gasteiger partial charge in [-0.2, -0.15) is 8.42 Å². The van der Waals surface area contributed by atoms with Crippen molar-refractivity contribution in [1.82, 2.24) is 0 Å². The van der Waals surface area contributed by atoms with E-state index in [0.717, 1.165) is 24.2 Å². The Kier molecular flexibility index (Phi) is 6.72. The van der Waals surface area contributed by atoms with Gasteiger partial charge >= 0.3 is 0 Å². The summed E-state index contributed by atoms with van der Waals surface area (Å²) in [6.45, 7) is 2.23.